The number of alkyl halides is 3. The summed E-state index contributed by atoms with van der Waals surface area (Å²) >= 11 is 0. The minimum atomic E-state index is -4.63. The maximum Gasteiger partial charge on any atom is 0.418 e. The predicted octanol–water partition coefficient (Wildman–Crippen LogP) is 5.04. The van der Waals surface area contributed by atoms with Crippen molar-refractivity contribution in [3.63, 3.8) is 0 Å². The summed E-state index contributed by atoms with van der Waals surface area (Å²) in [6.45, 7) is 1.62. The number of carbonyl (C=O) groups excluding carboxylic acids is 2. The predicted molar refractivity (Wildman–Crippen MR) is 118 cm³/mol. The Labute approximate surface area is 192 Å². The Hall–Kier alpha value is -4.08. The van der Waals surface area contributed by atoms with E-state index < -0.39 is 23.6 Å². The second-order valence-corrected chi connectivity index (χ2v) is 7.75. The van der Waals surface area contributed by atoms with Crippen LogP contribution in [0.15, 0.2) is 58.0 Å². The van der Waals surface area contributed by atoms with Gasteiger partial charge in [-0.1, -0.05) is 12.1 Å². The number of aromatic hydroxyl groups is 1. The Morgan fingerprint density at radius 3 is 2.44 bits per heavy atom. The number of amides is 2. The highest BCUT2D eigenvalue weighted by molar-refractivity contribution is 6.09. The molecular formula is C24H20F3N3O4. The van der Waals surface area contributed by atoms with Gasteiger partial charge in [-0.15, -0.1) is 0 Å². The van der Waals surface area contributed by atoms with Gasteiger partial charge in [0.05, 0.1) is 17.0 Å². The summed E-state index contributed by atoms with van der Waals surface area (Å²) in [6.07, 6.45) is -2.93. The molecule has 1 aliphatic carbocycles. The molecule has 0 radical (unpaired) electrons. The molecule has 7 nitrogen and oxygen atoms in total. The van der Waals surface area contributed by atoms with Gasteiger partial charge >= 0.3 is 6.18 Å². The number of rotatable bonds is 4. The molecule has 34 heavy (non-hydrogen) atoms. The molecule has 0 saturated carbocycles. The van der Waals surface area contributed by atoms with E-state index in [4.69, 9.17) is 4.42 Å². The number of fused-ring (bicyclic) bond motifs is 1. The van der Waals surface area contributed by atoms with Crippen molar-refractivity contribution in [2.45, 2.75) is 32.4 Å². The van der Waals surface area contributed by atoms with E-state index in [1.165, 1.54) is 42.5 Å². The zero-order valence-electron chi connectivity index (χ0n) is 18.0. The number of nitrogens with one attached hydrogen (secondary N) is 2. The summed E-state index contributed by atoms with van der Waals surface area (Å²) in [6, 6.07) is 10.3. The SMILES string of the molecule is Cc1c(C(=O)Nc2ccccc2C(F)(F)F)oc2c1/C(=N/NC(=O)c1ccc(O)cc1)CCC2. The molecule has 0 atom stereocenters. The zero-order valence-corrected chi connectivity index (χ0v) is 18.0. The van der Waals surface area contributed by atoms with Crippen LogP contribution in [0.25, 0.3) is 0 Å². The van der Waals surface area contributed by atoms with Crippen molar-refractivity contribution in [1.82, 2.24) is 5.43 Å². The van der Waals surface area contributed by atoms with Crippen LogP contribution in [0, 0.1) is 6.92 Å². The van der Waals surface area contributed by atoms with Crippen LogP contribution < -0.4 is 10.7 Å². The lowest BCUT2D eigenvalue weighted by molar-refractivity contribution is -0.136. The maximum absolute atomic E-state index is 13.3. The number of hydrogen-bond acceptors (Lipinski definition) is 5. The molecule has 2 aromatic carbocycles. The number of hydrogen-bond donors (Lipinski definition) is 3. The van der Waals surface area contributed by atoms with Crippen molar-refractivity contribution < 1.29 is 32.3 Å². The molecule has 4 rings (SSSR count). The van der Waals surface area contributed by atoms with Crippen LogP contribution in [-0.2, 0) is 12.6 Å². The van der Waals surface area contributed by atoms with Crippen LogP contribution in [0.4, 0.5) is 18.9 Å². The monoisotopic (exact) mass is 471 g/mol. The Kier molecular flexibility index (Phi) is 6.14. The first-order chi connectivity index (χ1) is 16.1. The lowest BCUT2D eigenvalue weighted by Gasteiger charge is -2.13. The number of phenols is 1. The van der Waals surface area contributed by atoms with Gasteiger partial charge in [-0.25, -0.2) is 5.43 Å². The van der Waals surface area contributed by atoms with Crippen molar-refractivity contribution in [1.29, 1.82) is 0 Å². The largest absolute Gasteiger partial charge is 0.508 e. The number of aryl methyl sites for hydroxylation is 1. The molecule has 0 bridgehead atoms. The summed E-state index contributed by atoms with van der Waals surface area (Å²) in [5, 5.41) is 15.8. The molecule has 0 saturated heterocycles. The van der Waals surface area contributed by atoms with E-state index in [0.29, 0.717) is 47.4 Å². The molecule has 1 aromatic heterocycles. The molecule has 0 aliphatic heterocycles. The van der Waals surface area contributed by atoms with E-state index in [1.807, 2.05) is 0 Å². The molecule has 3 aromatic rings. The van der Waals surface area contributed by atoms with Crippen molar-refractivity contribution in [2.24, 2.45) is 5.10 Å². The van der Waals surface area contributed by atoms with Crippen LogP contribution in [0.5, 0.6) is 5.75 Å². The lowest BCUT2D eigenvalue weighted by Crippen LogP contribution is -2.22. The van der Waals surface area contributed by atoms with E-state index in [2.05, 4.69) is 15.8 Å². The van der Waals surface area contributed by atoms with Gasteiger partial charge in [0, 0.05) is 23.1 Å². The number of hydrazone groups is 1. The van der Waals surface area contributed by atoms with Gasteiger partial charge in [-0.3, -0.25) is 9.59 Å². The van der Waals surface area contributed by atoms with Crippen LogP contribution in [0.1, 0.15) is 56.2 Å². The Morgan fingerprint density at radius 1 is 1.03 bits per heavy atom. The highest BCUT2D eigenvalue weighted by Gasteiger charge is 2.34. The van der Waals surface area contributed by atoms with E-state index >= 15 is 0 Å². The number of phenolic OH excluding ortho intramolecular Hbond substituents is 1. The van der Waals surface area contributed by atoms with E-state index in [-0.39, 0.29) is 17.2 Å². The normalized spacial score (nSPS) is 14.5. The molecule has 0 fully saturated rings. The molecule has 0 spiro atoms. The topological polar surface area (TPSA) is 104 Å². The van der Waals surface area contributed by atoms with E-state index in [9.17, 15) is 27.9 Å². The lowest BCUT2D eigenvalue weighted by atomic mass is 9.93. The first-order valence-electron chi connectivity index (χ1n) is 10.4. The molecular weight excluding hydrogens is 451 g/mol. The summed E-state index contributed by atoms with van der Waals surface area (Å²) in [4.78, 5) is 25.2. The van der Waals surface area contributed by atoms with Crippen molar-refractivity contribution in [3.8, 4) is 5.75 Å². The fourth-order valence-corrected chi connectivity index (χ4v) is 3.81. The molecule has 3 N–H and O–H groups in total. The van der Waals surface area contributed by atoms with E-state index in [0.717, 1.165) is 6.07 Å². The van der Waals surface area contributed by atoms with Gasteiger partial charge in [0.15, 0.2) is 5.76 Å². The Morgan fingerprint density at radius 2 is 1.74 bits per heavy atom. The third kappa shape index (κ3) is 4.66. The average molecular weight is 471 g/mol. The maximum atomic E-state index is 13.3. The number of anilines is 1. The Bertz CT molecular complexity index is 1280. The number of halogens is 3. The molecule has 1 heterocycles. The zero-order chi connectivity index (χ0) is 24.5. The van der Waals surface area contributed by atoms with E-state index in [1.54, 1.807) is 6.92 Å². The first kappa shape index (κ1) is 23.1. The van der Waals surface area contributed by atoms with Gasteiger partial charge in [0.1, 0.15) is 11.5 Å². The summed E-state index contributed by atoms with van der Waals surface area (Å²) < 4.78 is 45.5. The van der Waals surface area contributed by atoms with Crippen LogP contribution >= 0.6 is 0 Å². The van der Waals surface area contributed by atoms with Crippen LogP contribution in [0.3, 0.4) is 0 Å². The molecule has 176 valence electrons. The number of carbonyl (C=O) groups is 2. The van der Waals surface area contributed by atoms with Gasteiger partial charge in [0.25, 0.3) is 11.8 Å². The second-order valence-electron chi connectivity index (χ2n) is 7.75. The van der Waals surface area contributed by atoms with Gasteiger partial charge in [0.2, 0.25) is 0 Å². The standard InChI is InChI=1S/C24H20F3N3O4/c1-13-20-18(29-30-22(32)14-9-11-15(31)12-10-14)7-4-8-19(20)34-21(13)23(33)28-17-6-3-2-5-16(17)24(25,26)27/h2-3,5-6,9-12,31H,4,7-8H2,1H3,(H,28,33)(H,30,32)/b29-18+. The average Bonchev–Trinajstić information content (AvgIpc) is 3.15. The third-order valence-corrected chi connectivity index (χ3v) is 5.43. The molecule has 1 aliphatic rings. The van der Waals surface area contributed by atoms with Crippen molar-refractivity contribution >= 4 is 23.2 Å². The fourth-order valence-electron chi connectivity index (χ4n) is 3.81. The summed E-state index contributed by atoms with van der Waals surface area (Å²) in [5.41, 5.74) is 2.91. The summed E-state index contributed by atoms with van der Waals surface area (Å²) in [5.74, 6) is -0.895. The number of nitrogens with zero attached hydrogens (tertiary/aromatic N) is 1. The number of benzene rings is 2. The Balaban J connectivity index is 1.58. The smallest absolute Gasteiger partial charge is 0.418 e. The molecule has 0 unspecified atom stereocenters. The molecule has 2 amide bonds. The minimum Gasteiger partial charge on any atom is -0.508 e. The van der Waals surface area contributed by atoms with Crippen molar-refractivity contribution in [2.75, 3.05) is 5.32 Å². The van der Waals surface area contributed by atoms with Crippen LogP contribution in [0.2, 0.25) is 0 Å². The van der Waals surface area contributed by atoms with Crippen molar-refractivity contribution in [3.05, 3.63) is 82.3 Å². The highest BCUT2D eigenvalue weighted by Crippen LogP contribution is 2.35. The highest BCUT2D eigenvalue weighted by atomic mass is 19.4. The molecule has 10 heteroatoms. The number of furan rings is 1. The number of para-hydroxylation sites is 1. The minimum absolute atomic E-state index is 0.0254. The quantitative estimate of drug-likeness (QED) is 0.464. The first-order valence-corrected chi connectivity index (χ1v) is 10.4. The van der Waals surface area contributed by atoms with Gasteiger partial charge < -0.3 is 14.8 Å². The van der Waals surface area contributed by atoms with Crippen LogP contribution in [-0.4, -0.2) is 22.6 Å². The fraction of sp³-hybridized carbons (Fsp3) is 0.208. The summed E-state index contributed by atoms with van der Waals surface area (Å²) in [7, 11) is 0. The van der Waals surface area contributed by atoms with Gasteiger partial charge in [-0.05, 0) is 56.2 Å². The second kappa shape index (κ2) is 9.05. The third-order valence-electron chi connectivity index (χ3n) is 5.43. The van der Waals surface area contributed by atoms with Gasteiger partial charge in [-0.2, -0.15) is 18.3 Å².